The minimum absolute atomic E-state index is 0.0103. The number of likely N-dealkylation sites (N-methyl/N-ethyl adjacent to an activating group) is 1. The number of carbonyl (C=O) groups excluding carboxylic acids is 3. The van der Waals surface area contributed by atoms with Gasteiger partial charge in [0.05, 0.1) is 34.1 Å². The number of carbonyl (C=O) groups is 3. The average molecular weight is 429 g/mol. The number of sulfonamides is 1. The van der Waals surface area contributed by atoms with E-state index in [9.17, 15) is 31.2 Å². The van der Waals surface area contributed by atoms with Gasteiger partial charge in [-0.3, -0.25) is 19.7 Å². The molecule has 1 saturated heterocycles. The number of hydrogen-bond acceptors (Lipinski definition) is 7. The highest BCUT2D eigenvalue weighted by molar-refractivity contribution is 7.91. The first-order valence-electron chi connectivity index (χ1n) is 8.53. The van der Waals surface area contributed by atoms with Gasteiger partial charge in [0.1, 0.15) is 0 Å². The van der Waals surface area contributed by atoms with Crippen molar-refractivity contribution in [3.05, 3.63) is 29.3 Å². The maximum Gasteiger partial charge on any atom is 0.258 e. The Kier molecular flexibility index (Phi) is 5.30. The molecule has 3 rings (SSSR count). The molecule has 0 spiro atoms. The maximum atomic E-state index is 12.9. The lowest BCUT2D eigenvalue weighted by Gasteiger charge is -2.21. The van der Waals surface area contributed by atoms with Crippen molar-refractivity contribution in [2.75, 3.05) is 24.6 Å². The van der Waals surface area contributed by atoms with Gasteiger partial charge in [0.2, 0.25) is 15.9 Å². The van der Waals surface area contributed by atoms with Crippen LogP contribution in [0.4, 0.5) is 0 Å². The molecule has 2 heterocycles. The van der Waals surface area contributed by atoms with E-state index in [0.29, 0.717) is 6.42 Å². The molecule has 0 bridgehead atoms. The molecular weight excluding hydrogens is 410 g/mol. The van der Waals surface area contributed by atoms with Crippen LogP contribution in [0.1, 0.15) is 34.1 Å². The zero-order valence-electron chi connectivity index (χ0n) is 15.0. The number of hydrogen-bond donors (Lipinski definition) is 2. The highest BCUT2D eigenvalue weighted by atomic mass is 32.2. The summed E-state index contributed by atoms with van der Waals surface area (Å²) in [4.78, 5) is 35.4. The quantitative estimate of drug-likeness (QED) is 0.545. The van der Waals surface area contributed by atoms with E-state index in [-0.39, 0.29) is 34.1 Å². The molecule has 0 aliphatic carbocycles. The summed E-state index contributed by atoms with van der Waals surface area (Å²) < 4.78 is 49.6. The number of sulfone groups is 1. The Balaban J connectivity index is 1.76. The van der Waals surface area contributed by atoms with E-state index in [0.717, 1.165) is 10.4 Å². The SMILES string of the molecule is CCN(CC(=O)NC1CCS(=O)(=O)C1)S(=O)(=O)c1ccc2c(c1)C(=O)NC2=O. The van der Waals surface area contributed by atoms with Crippen LogP contribution in [0, 0.1) is 0 Å². The van der Waals surface area contributed by atoms with Crippen molar-refractivity contribution < 1.29 is 31.2 Å². The Bertz CT molecular complexity index is 1060. The van der Waals surface area contributed by atoms with Gasteiger partial charge in [-0.05, 0) is 24.6 Å². The minimum atomic E-state index is -4.10. The first-order chi connectivity index (χ1) is 13.0. The minimum Gasteiger partial charge on any atom is -0.351 e. The molecule has 1 atom stereocenters. The normalized spacial score (nSPS) is 20.9. The number of benzene rings is 1. The third kappa shape index (κ3) is 3.93. The molecule has 12 heteroatoms. The van der Waals surface area contributed by atoms with Gasteiger partial charge >= 0.3 is 0 Å². The van der Waals surface area contributed by atoms with E-state index in [1.807, 2.05) is 0 Å². The van der Waals surface area contributed by atoms with Gasteiger partial charge in [-0.25, -0.2) is 16.8 Å². The van der Waals surface area contributed by atoms with Gasteiger partial charge in [0, 0.05) is 12.6 Å². The fourth-order valence-corrected chi connectivity index (χ4v) is 6.27. The summed E-state index contributed by atoms with van der Waals surface area (Å²) in [6.45, 7) is 1.05. The lowest BCUT2D eigenvalue weighted by Crippen LogP contribution is -2.44. The highest BCUT2D eigenvalue weighted by Gasteiger charge is 2.33. The molecule has 1 aromatic rings. The molecule has 2 N–H and O–H groups in total. The number of fused-ring (bicyclic) bond motifs is 1. The van der Waals surface area contributed by atoms with Gasteiger partial charge in [-0.2, -0.15) is 4.31 Å². The molecule has 0 saturated carbocycles. The lowest BCUT2D eigenvalue weighted by atomic mass is 10.1. The van der Waals surface area contributed by atoms with E-state index in [1.165, 1.54) is 12.1 Å². The van der Waals surface area contributed by atoms with Crippen LogP contribution in [0.3, 0.4) is 0 Å². The topological polar surface area (TPSA) is 147 Å². The van der Waals surface area contributed by atoms with Gasteiger partial charge in [-0.15, -0.1) is 0 Å². The van der Waals surface area contributed by atoms with Gasteiger partial charge in [-0.1, -0.05) is 6.92 Å². The number of nitrogens with one attached hydrogen (secondary N) is 2. The summed E-state index contributed by atoms with van der Waals surface area (Å²) in [5, 5.41) is 4.63. The summed E-state index contributed by atoms with van der Waals surface area (Å²) in [6, 6.07) is 3.03. The zero-order valence-corrected chi connectivity index (χ0v) is 16.6. The van der Waals surface area contributed by atoms with Gasteiger partial charge in [0.15, 0.2) is 9.84 Å². The van der Waals surface area contributed by atoms with Crippen LogP contribution in [-0.4, -0.2) is 69.5 Å². The Hall–Kier alpha value is -2.31. The summed E-state index contributed by atoms with van der Waals surface area (Å²) in [6.07, 6.45) is 0.293. The van der Waals surface area contributed by atoms with Gasteiger partial charge in [0.25, 0.3) is 11.8 Å². The summed E-state index contributed by atoms with van der Waals surface area (Å²) in [7, 11) is -7.28. The largest absolute Gasteiger partial charge is 0.351 e. The third-order valence-electron chi connectivity index (χ3n) is 4.62. The number of imide groups is 1. The highest BCUT2D eigenvalue weighted by Crippen LogP contribution is 2.23. The van der Waals surface area contributed by atoms with E-state index in [1.54, 1.807) is 6.92 Å². The average Bonchev–Trinajstić information content (AvgIpc) is 3.10. The first kappa shape index (κ1) is 20.4. The standard InChI is InChI=1S/C16H19N3O7S2/c1-2-19(8-14(20)17-10-5-6-27(23,24)9-10)28(25,26)11-3-4-12-13(7-11)16(22)18-15(12)21/h3-4,7,10H,2,5-6,8-9H2,1H3,(H,17,20)(H,18,21,22). The van der Waals surface area contributed by atoms with Crippen molar-refractivity contribution in [2.45, 2.75) is 24.3 Å². The van der Waals surface area contributed by atoms with Crippen molar-refractivity contribution in [1.29, 1.82) is 0 Å². The predicted octanol–water partition coefficient (Wildman–Crippen LogP) is -1.12. The van der Waals surface area contributed by atoms with Crippen molar-refractivity contribution in [3.63, 3.8) is 0 Å². The summed E-state index contributed by atoms with van der Waals surface area (Å²) in [5.41, 5.74) is 0.0509. The zero-order chi connectivity index (χ0) is 20.7. The molecule has 1 aromatic carbocycles. The molecule has 0 aromatic heterocycles. The fraction of sp³-hybridized carbons (Fsp3) is 0.438. The molecule has 1 unspecified atom stereocenters. The van der Waals surface area contributed by atoms with E-state index < -0.39 is 50.2 Å². The van der Waals surface area contributed by atoms with Crippen LogP contribution in [0.15, 0.2) is 23.1 Å². The predicted molar refractivity (Wildman–Crippen MR) is 97.9 cm³/mol. The van der Waals surface area contributed by atoms with Crippen LogP contribution in [0.25, 0.3) is 0 Å². The molecule has 3 amide bonds. The molecule has 28 heavy (non-hydrogen) atoms. The molecule has 0 radical (unpaired) electrons. The van der Waals surface area contributed by atoms with Crippen LogP contribution in [-0.2, 0) is 24.7 Å². The molecule has 1 fully saturated rings. The number of nitrogens with zero attached hydrogens (tertiary/aromatic N) is 1. The number of rotatable bonds is 6. The summed E-state index contributed by atoms with van der Waals surface area (Å²) in [5.74, 6) is -2.06. The van der Waals surface area contributed by atoms with Gasteiger partial charge < -0.3 is 5.32 Å². The smallest absolute Gasteiger partial charge is 0.258 e. The van der Waals surface area contributed by atoms with Crippen LogP contribution in [0.2, 0.25) is 0 Å². The van der Waals surface area contributed by atoms with Crippen molar-refractivity contribution in [2.24, 2.45) is 0 Å². The van der Waals surface area contributed by atoms with E-state index >= 15 is 0 Å². The molecule has 152 valence electrons. The molecule has 2 aliphatic rings. The Labute approximate surface area is 162 Å². The second-order valence-electron chi connectivity index (χ2n) is 6.59. The van der Waals surface area contributed by atoms with Crippen LogP contribution < -0.4 is 10.6 Å². The Morgan fingerprint density at radius 1 is 1.25 bits per heavy atom. The Morgan fingerprint density at radius 3 is 2.54 bits per heavy atom. The third-order valence-corrected chi connectivity index (χ3v) is 8.30. The second kappa shape index (κ2) is 7.26. The molecular formula is C16H19N3O7S2. The van der Waals surface area contributed by atoms with Crippen molar-refractivity contribution in [1.82, 2.24) is 14.9 Å². The van der Waals surface area contributed by atoms with Crippen molar-refractivity contribution in [3.8, 4) is 0 Å². The van der Waals surface area contributed by atoms with Crippen molar-refractivity contribution >= 4 is 37.6 Å². The van der Waals surface area contributed by atoms with E-state index in [4.69, 9.17) is 0 Å². The molecule has 10 nitrogen and oxygen atoms in total. The number of amides is 3. The lowest BCUT2D eigenvalue weighted by molar-refractivity contribution is -0.121. The Morgan fingerprint density at radius 2 is 1.93 bits per heavy atom. The maximum absolute atomic E-state index is 12.9. The van der Waals surface area contributed by atoms with Crippen LogP contribution in [0.5, 0.6) is 0 Å². The van der Waals surface area contributed by atoms with Crippen LogP contribution >= 0.6 is 0 Å². The molecule has 2 aliphatic heterocycles. The van der Waals surface area contributed by atoms with E-state index in [2.05, 4.69) is 10.6 Å². The monoisotopic (exact) mass is 429 g/mol. The first-order valence-corrected chi connectivity index (χ1v) is 11.8. The summed E-state index contributed by atoms with van der Waals surface area (Å²) >= 11 is 0. The second-order valence-corrected chi connectivity index (χ2v) is 10.8. The fourth-order valence-electron chi connectivity index (χ4n) is 3.17.